The molecule has 0 amide bonds. The molecule has 2 nitrogen and oxygen atoms in total. The molecule has 0 fully saturated rings. The lowest BCUT2D eigenvalue weighted by atomic mass is 9.91. The quantitative estimate of drug-likeness (QED) is 0.699. The first-order valence-corrected chi connectivity index (χ1v) is 7.22. The molecule has 0 aliphatic heterocycles. The normalized spacial score (nSPS) is 11.8. The molecular formula is C16H10Cl3NO. The highest BCUT2D eigenvalue weighted by atomic mass is 35.5. The monoisotopic (exact) mass is 337 g/mol. The number of carbonyl (C=O) groups excluding carboxylic acids is 1. The molecule has 5 heteroatoms. The van der Waals surface area contributed by atoms with Gasteiger partial charge in [-0.2, -0.15) is 5.26 Å². The molecule has 0 bridgehead atoms. The predicted octanol–water partition coefficient (Wildman–Crippen LogP) is 5.45. The summed E-state index contributed by atoms with van der Waals surface area (Å²) in [5, 5.41) is 10.7. The summed E-state index contributed by atoms with van der Waals surface area (Å²) < 4.78 is 0. The van der Waals surface area contributed by atoms with Crippen molar-refractivity contribution < 1.29 is 4.79 Å². The van der Waals surface area contributed by atoms with Crippen LogP contribution in [0.2, 0.25) is 15.1 Å². The van der Waals surface area contributed by atoms with E-state index in [1.165, 1.54) is 6.07 Å². The number of hydrogen-bond acceptors (Lipinski definition) is 2. The zero-order chi connectivity index (χ0) is 15.6. The zero-order valence-electron chi connectivity index (χ0n) is 11.0. The fraction of sp³-hybridized carbons (Fsp3) is 0.125. The molecule has 0 N–H and O–H groups in total. The first-order chi connectivity index (χ1) is 9.93. The van der Waals surface area contributed by atoms with Gasteiger partial charge in [-0.15, -0.1) is 0 Å². The molecule has 1 atom stereocenters. The van der Waals surface area contributed by atoms with Crippen LogP contribution < -0.4 is 0 Å². The third-order valence-electron chi connectivity index (χ3n) is 3.11. The number of halogens is 3. The van der Waals surface area contributed by atoms with Crippen LogP contribution in [0.1, 0.15) is 27.4 Å². The maximum atomic E-state index is 12.5. The lowest BCUT2D eigenvalue weighted by molar-refractivity contribution is 0.0979. The summed E-state index contributed by atoms with van der Waals surface area (Å²) in [5.41, 5.74) is 1.65. The van der Waals surface area contributed by atoms with Crippen LogP contribution in [0.3, 0.4) is 0 Å². The summed E-state index contributed by atoms with van der Waals surface area (Å²) in [4.78, 5) is 12.5. The topological polar surface area (TPSA) is 40.9 Å². The molecular weight excluding hydrogens is 329 g/mol. The van der Waals surface area contributed by atoms with Gasteiger partial charge in [0.15, 0.2) is 5.78 Å². The molecule has 0 aromatic heterocycles. The standard InChI is InChI=1S/C16H10Cl3NO/c1-9-6-10(2-5-14(9)18)16(21)13(8-20)12-4-3-11(17)7-15(12)19/h2-7,13H,1H3. The van der Waals surface area contributed by atoms with Crippen molar-refractivity contribution in [3.05, 3.63) is 68.2 Å². The Morgan fingerprint density at radius 1 is 1.10 bits per heavy atom. The Hall–Kier alpha value is -1.53. The highest BCUT2D eigenvalue weighted by Gasteiger charge is 2.24. The molecule has 0 heterocycles. The Kier molecular flexibility index (Phi) is 4.90. The SMILES string of the molecule is Cc1cc(C(=O)C(C#N)c2ccc(Cl)cc2Cl)ccc1Cl. The fourth-order valence-electron chi connectivity index (χ4n) is 1.97. The van der Waals surface area contributed by atoms with Crippen molar-refractivity contribution in [2.45, 2.75) is 12.8 Å². The van der Waals surface area contributed by atoms with E-state index in [1.54, 1.807) is 37.3 Å². The summed E-state index contributed by atoms with van der Waals surface area (Å²) in [6.07, 6.45) is 0. The minimum absolute atomic E-state index is 0.299. The minimum Gasteiger partial charge on any atom is -0.292 e. The number of Topliss-reactive ketones (excluding diaryl/α,β-unsaturated/α-hetero) is 1. The van der Waals surface area contributed by atoms with Crippen LogP contribution in [0.15, 0.2) is 36.4 Å². The fourth-order valence-corrected chi connectivity index (χ4v) is 2.60. The largest absolute Gasteiger partial charge is 0.292 e. The third kappa shape index (κ3) is 3.39. The van der Waals surface area contributed by atoms with Gasteiger partial charge in [-0.05, 0) is 48.4 Å². The lowest BCUT2D eigenvalue weighted by Gasteiger charge is -2.11. The Morgan fingerprint density at radius 2 is 1.81 bits per heavy atom. The van der Waals surface area contributed by atoms with Gasteiger partial charge in [0.1, 0.15) is 5.92 Å². The first-order valence-electron chi connectivity index (χ1n) is 6.09. The Bertz CT molecular complexity index is 750. The Labute approximate surface area is 137 Å². The van der Waals surface area contributed by atoms with Crippen molar-refractivity contribution in [3.8, 4) is 6.07 Å². The molecule has 2 aromatic rings. The van der Waals surface area contributed by atoms with E-state index in [0.717, 1.165) is 5.56 Å². The maximum Gasteiger partial charge on any atom is 0.184 e. The molecule has 0 spiro atoms. The van der Waals surface area contributed by atoms with E-state index in [-0.39, 0.29) is 5.78 Å². The van der Waals surface area contributed by atoms with E-state index in [4.69, 9.17) is 34.8 Å². The number of nitrogens with zero attached hydrogens (tertiary/aromatic N) is 1. The minimum atomic E-state index is -0.977. The van der Waals surface area contributed by atoms with E-state index in [9.17, 15) is 10.1 Å². The van der Waals surface area contributed by atoms with Crippen LogP contribution in [0.5, 0.6) is 0 Å². The van der Waals surface area contributed by atoms with Gasteiger partial charge in [-0.25, -0.2) is 0 Å². The molecule has 1 unspecified atom stereocenters. The predicted molar refractivity (Wildman–Crippen MR) is 85.3 cm³/mol. The number of hydrogen-bond donors (Lipinski definition) is 0. The second-order valence-corrected chi connectivity index (χ2v) is 5.81. The number of rotatable bonds is 3. The van der Waals surface area contributed by atoms with Crippen molar-refractivity contribution >= 4 is 40.6 Å². The van der Waals surface area contributed by atoms with Crippen LogP contribution in [0, 0.1) is 18.3 Å². The van der Waals surface area contributed by atoms with Gasteiger partial charge in [0.2, 0.25) is 0 Å². The Morgan fingerprint density at radius 3 is 2.38 bits per heavy atom. The Balaban J connectivity index is 2.43. The molecule has 0 radical (unpaired) electrons. The number of ketones is 1. The van der Waals surface area contributed by atoms with Gasteiger partial charge >= 0.3 is 0 Å². The van der Waals surface area contributed by atoms with E-state index in [0.29, 0.717) is 26.2 Å². The third-order valence-corrected chi connectivity index (χ3v) is 4.09. The lowest BCUT2D eigenvalue weighted by Crippen LogP contribution is -2.12. The molecule has 21 heavy (non-hydrogen) atoms. The summed E-state index contributed by atoms with van der Waals surface area (Å²) in [6, 6.07) is 11.6. The van der Waals surface area contributed by atoms with Crippen LogP contribution in [-0.2, 0) is 0 Å². The molecule has 2 aromatic carbocycles. The molecule has 106 valence electrons. The summed E-state index contributed by atoms with van der Waals surface area (Å²) in [7, 11) is 0. The molecule has 0 aliphatic rings. The molecule has 0 saturated heterocycles. The van der Waals surface area contributed by atoms with Gasteiger partial charge in [0.05, 0.1) is 6.07 Å². The van der Waals surface area contributed by atoms with Crippen molar-refractivity contribution in [1.29, 1.82) is 5.26 Å². The number of carbonyl (C=O) groups is 1. The van der Waals surface area contributed by atoms with Crippen LogP contribution in [0.4, 0.5) is 0 Å². The van der Waals surface area contributed by atoms with Crippen molar-refractivity contribution in [3.63, 3.8) is 0 Å². The second kappa shape index (κ2) is 6.49. The molecule has 2 rings (SSSR count). The first kappa shape index (κ1) is 15.9. The average Bonchev–Trinajstić information content (AvgIpc) is 2.44. The van der Waals surface area contributed by atoms with Crippen molar-refractivity contribution in [1.82, 2.24) is 0 Å². The second-order valence-electron chi connectivity index (χ2n) is 4.56. The van der Waals surface area contributed by atoms with Crippen LogP contribution in [-0.4, -0.2) is 5.78 Å². The zero-order valence-corrected chi connectivity index (χ0v) is 13.3. The molecule has 0 saturated carbocycles. The van der Waals surface area contributed by atoms with Gasteiger partial charge in [0.25, 0.3) is 0 Å². The smallest absolute Gasteiger partial charge is 0.184 e. The van der Waals surface area contributed by atoms with Crippen molar-refractivity contribution in [2.75, 3.05) is 0 Å². The van der Waals surface area contributed by atoms with Crippen molar-refractivity contribution in [2.24, 2.45) is 0 Å². The van der Waals surface area contributed by atoms with Crippen LogP contribution >= 0.6 is 34.8 Å². The highest BCUT2D eigenvalue weighted by Crippen LogP contribution is 2.30. The number of benzene rings is 2. The molecule has 0 aliphatic carbocycles. The van der Waals surface area contributed by atoms with E-state index < -0.39 is 5.92 Å². The summed E-state index contributed by atoms with van der Waals surface area (Å²) >= 11 is 17.9. The number of aryl methyl sites for hydroxylation is 1. The van der Waals surface area contributed by atoms with E-state index in [2.05, 4.69) is 0 Å². The van der Waals surface area contributed by atoms with Gasteiger partial charge in [-0.1, -0.05) is 40.9 Å². The average molecular weight is 339 g/mol. The van der Waals surface area contributed by atoms with E-state index in [1.807, 2.05) is 6.07 Å². The number of nitriles is 1. The summed E-state index contributed by atoms with van der Waals surface area (Å²) in [5.74, 6) is -1.29. The maximum absolute atomic E-state index is 12.5. The van der Waals surface area contributed by atoms with E-state index >= 15 is 0 Å². The van der Waals surface area contributed by atoms with Gasteiger partial charge in [-0.3, -0.25) is 4.79 Å². The van der Waals surface area contributed by atoms with Gasteiger partial charge < -0.3 is 0 Å². The van der Waals surface area contributed by atoms with Crippen LogP contribution in [0.25, 0.3) is 0 Å². The summed E-state index contributed by atoms with van der Waals surface area (Å²) in [6.45, 7) is 1.80. The van der Waals surface area contributed by atoms with Gasteiger partial charge in [0, 0.05) is 20.6 Å². The highest BCUT2D eigenvalue weighted by molar-refractivity contribution is 6.35.